The summed E-state index contributed by atoms with van der Waals surface area (Å²) in [5.41, 5.74) is 3.45. The number of nitrogens with zero attached hydrogens (tertiary/aromatic N) is 1. The van der Waals surface area contributed by atoms with Crippen molar-refractivity contribution >= 4 is 33.2 Å². The average molecular weight is 564 g/mol. The second-order valence-electron chi connectivity index (χ2n) is 11.0. The highest BCUT2D eigenvalue weighted by atomic mass is 32.2. The third-order valence-corrected chi connectivity index (χ3v) is 8.89. The van der Waals surface area contributed by atoms with E-state index in [1.165, 1.54) is 11.4 Å². The van der Waals surface area contributed by atoms with E-state index in [4.69, 9.17) is 4.74 Å². The molecule has 0 aliphatic carbocycles. The Morgan fingerprint density at radius 3 is 2.17 bits per heavy atom. The van der Waals surface area contributed by atoms with Crippen LogP contribution in [0, 0.1) is 0 Å². The first-order chi connectivity index (χ1) is 19.0. The van der Waals surface area contributed by atoms with Crippen molar-refractivity contribution in [3.05, 3.63) is 83.4 Å². The van der Waals surface area contributed by atoms with Gasteiger partial charge in [-0.15, -0.1) is 0 Å². The molecule has 8 nitrogen and oxygen atoms in total. The molecule has 1 fully saturated rings. The number of ether oxygens (including phenoxy) is 1. The van der Waals surface area contributed by atoms with Crippen LogP contribution in [0.4, 0.5) is 11.4 Å². The quantitative estimate of drug-likeness (QED) is 0.353. The van der Waals surface area contributed by atoms with E-state index in [1.807, 2.05) is 12.1 Å². The zero-order chi connectivity index (χ0) is 28.9. The van der Waals surface area contributed by atoms with Gasteiger partial charge in [-0.1, -0.05) is 39.0 Å². The Labute approximate surface area is 236 Å². The van der Waals surface area contributed by atoms with Crippen molar-refractivity contribution in [2.24, 2.45) is 0 Å². The third kappa shape index (κ3) is 7.08. The van der Waals surface area contributed by atoms with Crippen molar-refractivity contribution in [2.75, 3.05) is 30.8 Å². The first-order valence-corrected chi connectivity index (χ1v) is 14.9. The predicted molar refractivity (Wildman–Crippen MR) is 157 cm³/mol. The Balaban J connectivity index is 1.38. The minimum atomic E-state index is -3.57. The molecule has 0 spiro atoms. The van der Waals surface area contributed by atoms with E-state index in [1.54, 1.807) is 54.6 Å². The van der Waals surface area contributed by atoms with Gasteiger partial charge >= 0.3 is 0 Å². The molecular formula is C31H37N3O5S. The Bertz CT molecular complexity index is 1470. The van der Waals surface area contributed by atoms with Crippen LogP contribution in [0.2, 0.25) is 0 Å². The van der Waals surface area contributed by atoms with Gasteiger partial charge in [0.1, 0.15) is 5.75 Å². The van der Waals surface area contributed by atoms with Gasteiger partial charge in [0.15, 0.2) is 0 Å². The number of rotatable bonds is 9. The molecule has 4 rings (SSSR count). The maximum absolute atomic E-state index is 13.0. The molecule has 1 heterocycles. The molecule has 212 valence electrons. The van der Waals surface area contributed by atoms with Gasteiger partial charge in [-0.05, 0) is 84.3 Å². The van der Waals surface area contributed by atoms with Crippen LogP contribution >= 0.6 is 0 Å². The molecule has 2 N–H and O–H groups in total. The van der Waals surface area contributed by atoms with E-state index < -0.39 is 10.0 Å². The number of anilines is 2. The number of carbonyl (C=O) groups is 2. The van der Waals surface area contributed by atoms with E-state index in [9.17, 15) is 18.0 Å². The molecule has 1 aliphatic rings. The van der Waals surface area contributed by atoms with Gasteiger partial charge in [0, 0.05) is 36.4 Å². The largest absolute Gasteiger partial charge is 0.496 e. The minimum absolute atomic E-state index is 0.000773. The SMILES string of the molecule is COc1ccc(S(=O)(=O)N2CCCC2)cc1CCC(=O)Nc1cccc(NC(=O)c2ccc(C(C)(C)C)cc2)c1. The van der Waals surface area contributed by atoms with Gasteiger partial charge in [0.05, 0.1) is 12.0 Å². The van der Waals surface area contributed by atoms with Gasteiger partial charge in [-0.3, -0.25) is 9.59 Å². The highest BCUT2D eigenvalue weighted by molar-refractivity contribution is 7.89. The summed E-state index contributed by atoms with van der Waals surface area (Å²) in [6.45, 7) is 7.41. The van der Waals surface area contributed by atoms with E-state index in [2.05, 4.69) is 31.4 Å². The first kappa shape index (κ1) is 29.3. The number of carbonyl (C=O) groups excluding carboxylic acids is 2. The van der Waals surface area contributed by atoms with Crippen LogP contribution in [0.5, 0.6) is 5.75 Å². The molecule has 2 amide bonds. The number of hydrogen-bond donors (Lipinski definition) is 2. The second-order valence-corrected chi connectivity index (χ2v) is 12.9. The summed E-state index contributed by atoms with van der Waals surface area (Å²) in [5.74, 6) is 0.0595. The fraction of sp³-hybridized carbons (Fsp3) is 0.355. The lowest BCUT2D eigenvalue weighted by Gasteiger charge is -2.19. The molecule has 0 saturated carbocycles. The fourth-order valence-corrected chi connectivity index (χ4v) is 6.23. The number of sulfonamides is 1. The van der Waals surface area contributed by atoms with Crippen molar-refractivity contribution in [1.29, 1.82) is 0 Å². The second kappa shape index (κ2) is 12.2. The zero-order valence-corrected chi connectivity index (χ0v) is 24.3. The number of methoxy groups -OCH3 is 1. The monoisotopic (exact) mass is 563 g/mol. The maximum Gasteiger partial charge on any atom is 0.255 e. The lowest BCUT2D eigenvalue weighted by Crippen LogP contribution is -2.28. The smallest absolute Gasteiger partial charge is 0.255 e. The van der Waals surface area contributed by atoms with Crippen LogP contribution in [0.1, 0.15) is 61.5 Å². The highest BCUT2D eigenvalue weighted by Gasteiger charge is 2.28. The molecule has 40 heavy (non-hydrogen) atoms. The Kier molecular flexibility index (Phi) is 8.95. The molecule has 3 aromatic carbocycles. The van der Waals surface area contributed by atoms with Crippen LogP contribution in [-0.4, -0.2) is 44.7 Å². The fourth-order valence-electron chi connectivity index (χ4n) is 4.66. The summed E-state index contributed by atoms with van der Waals surface area (Å²) in [5, 5.41) is 5.74. The molecule has 1 aliphatic heterocycles. The summed E-state index contributed by atoms with van der Waals surface area (Å²) in [6, 6.07) is 19.3. The summed E-state index contributed by atoms with van der Waals surface area (Å²) in [4.78, 5) is 25.7. The number of amides is 2. The van der Waals surface area contributed by atoms with Gasteiger partial charge in [0.2, 0.25) is 15.9 Å². The Morgan fingerprint density at radius 1 is 0.900 bits per heavy atom. The molecular weight excluding hydrogens is 526 g/mol. The van der Waals surface area contributed by atoms with Crippen molar-refractivity contribution in [1.82, 2.24) is 4.31 Å². The van der Waals surface area contributed by atoms with Crippen LogP contribution in [0.3, 0.4) is 0 Å². The normalized spacial score (nSPS) is 14.1. The van der Waals surface area contributed by atoms with Gasteiger partial charge in [-0.25, -0.2) is 8.42 Å². The number of hydrogen-bond acceptors (Lipinski definition) is 5. The lowest BCUT2D eigenvalue weighted by molar-refractivity contribution is -0.116. The van der Waals surface area contributed by atoms with Gasteiger partial charge in [0.25, 0.3) is 5.91 Å². The van der Waals surface area contributed by atoms with Crippen molar-refractivity contribution in [3.63, 3.8) is 0 Å². The third-order valence-electron chi connectivity index (χ3n) is 6.99. The predicted octanol–water partition coefficient (Wildman–Crippen LogP) is 5.60. The topological polar surface area (TPSA) is 105 Å². The molecule has 1 saturated heterocycles. The van der Waals surface area contributed by atoms with Crippen molar-refractivity contribution in [3.8, 4) is 5.75 Å². The van der Waals surface area contributed by atoms with Crippen molar-refractivity contribution in [2.45, 2.75) is 56.8 Å². The lowest BCUT2D eigenvalue weighted by atomic mass is 9.87. The zero-order valence-electron chi connectivity index (χ0n) is 23.5. The number of benzene rings is 3. The number of aryl methyl sites for hydroxylation is 1. The highest BCUT2D eigenvalue weighted by Crippen LogP contribution is 2.28. The Hall–Kier alpha value is -3.69. The van der Waals surface area contributed by atoms with Crippen LogP contribution < -0.4 is 15.4 Å². The molecule has 0 bridgehead atoms. The summed E-state index contributed by atoms with van der Waals surface area (Å²) in [6.07, 6.45) is 2.15. The summed E-state index contributed by atoms with van der Waals surface area (Å²) in [7, 11) is -2.05. The summed E-state index contributed by atoms with van der Waals surface area (Å²) >= 11 is 0. The molecule has 0 unspecified atom stereocenters. The van der Waals surface area contributed by atoms with E-state index in [-0.39, 0.29) is 28.5 Å². The number of nitrogens with one attached hydrogen (secondary N) is 2. The van der Waals surface area contributed by atoms with Gasteiger partial charge < -0.3 is 15.4 Å². The first-order valence-electron chi connectivity index (χ1n) is 13.5. The Morgan fingerprint density at radius 2 is 1.55 bits per heavy atom. The molecule has 9 heteroatoms. The van der Waals surface area contributed by atoms with Gasteiger partial charge in [-0.2, -0.15) is 4.31 Å². The van der Waals surface area contributed by atoms with Crippen LogP contribution in [0.15, 0.2) is 71.6 Å². The van der Waals surface area contributed by atoms with Crippen LogP contribution in [-0.2, 0) is 26.7 Å². The maximum atomic E-state index is 13.0. The van der Waals surface area contributed by atoms with E-state index in [0.717, 1.165) is 18.4 Å². The standard InChI is InChI=1S/C31H37N3O5S/c1-31(2,3)24-13-10-22(11-14-24)30(36)33-26-9-7-8-25(21-26)32-29(35)17-12-23-20-27(15-16-28(23)39-4)40(37,38)34-18-5-6-19-34/h7-11,13-16,20-21H,5-6,12,17-19H2,1-4H3,(H,32,35)(H,33,36). The van der Waals surface area contributed by atoms with E-state index >= 15 is 0 Å². The molecule has 0 aromatic heterocycles. The average Bonchev–Trinajstić information content (AvgIpc) is 3.48. The minimum Gasteiger partial charge on any atom is -0.496 e. The van der Waals surface area contributed by atoms with Crippen molar-refractivity contribution < 1.29 is 22.7 Å². The molecule has 0 radical (unpaired) electrons. The summed E-state index contributed by atoms with van der Waals surface area (Å²) < 4.78 is 32.9. The molecule has 0 atom stereocenters. The van der Waals surface area contributed by atoms with Crippen LogP contribution in [0.25, 0.3) is 0 Å². The molecule has 3 aromatic rings. The van der Waals surface area contributed by atoms with E-state index in [0.29, 0.717) is 47.8 Å².